The average Bonchev–Trinajstić information content (AvgIpc) is 3.06. The quantitative estimate of drug-likeness (QED) is 0.431. The van der Waals surface area contributed by atoms with Crippen LogP contribution in [0.4, 0.5) is 4.39 Å². The molecular formula is C23H22Cl2FN3O4. The van der Waals surface area contributed by atoms with E-state index in [0.29, 0.717) is 16.3 Å². The second-order valence-corrected chi connectivity index (χ2v) is 8.06. The second kappa shape index (κ2) is 10.7. The number of carbonyl (C=O) groups excluding carboxylic acids is 2. The van der Waals surface area contributed by atoms with Crippen molar-refractivity contribution >= 4 is 35.1 Å². The number of carbonyl (C=O) groups is 2. The summed E-state index contributed by atoms with van der Waals surface area (Å²) in [5.74, 6) is -1.64. The highest BCUT2D eigenvalue weighted by Gasteiger charge is 2.23. The van der Waals surface area contributed by atoms with Crippen molar-refractivity contribution in [3.63, 3.8) is 0 Å². The van der Waals surface area contributed by atoms with Gasteiger partial charge in [-0.2, -0.15) is 5.10 Å². The average molecular weight is 494 g/mol. The van der Waals surface area contributed by atoms with Crippen LogP contribution in [-0.4, -0.2) is 47.3 Å². The van der Waals surface area contributed by atoms with Crippen molar-refractivity contribution in [3.8, 4) is 5.75 Å². The Balaban J connectivity index is 1.62. The van der Waals surface area contributed by atoms with Crippen LogP contribution in [0.25, 0.3) is 0 Å². The molecule has 33 heavy (non-hydrogen) atoms. The van der Waals surface area contributed by atoms with E-state index in [9.17, 15) is 14.0 Å². The second-order valence-electron chi connectivity index (χ2n) is 7.30. The Labute approximate surface area is 200 Å². The van der Waals surface area contributed by atoms with E-state index in [1.54, 1.807) is 19.1 Å². The fraction of sp³-hybridized carbons (Fsp3) is 0.261. The standard InChI is InChI=1S/C23H22Cl2FN3O4/c1-14-21(22(25)29(27-14)12-16-6-4-5-7-17(16)24)23(31)33-13-20(30)28(2)11-15-8-9-19(32-3)18(26)10-15/h4-10H,11-13H2,1-3H3. The lowest BCUT2D eigenvalue weighted by molar-refractivity contribution is -0.133. The minimum Gasteiger partial charge on any atom is -0.494 e. The van der Waals surface area contributed by atoms with E-state index in [1.165, 1.54) is 35.9 Å². The van der Waals surface area contributed by atoms with Gasteiger partial charge in [0.05, 0.1) is 19.3 Å². The van der Waals surface area contributed by atoms with Crippen molar-refractivity contribution in [1.29, 1.82) is 0 Å². The van der Waals surface area contributed by atoms with Gasteiger partial charge in [0, 0.05) is 18.6 Å². The van der Waals surface area contributed by atoms with E-state index in [2.05, 4.69) is 5.10 Å². The molecule has 1 amide bonds. The molecule has 3 aromatic rings. The molecule has 1 heterocycles. The Bertz CT molecular complexity index is 1180. The van der Waals surface area contributed by atoms with Crippen molar-refractivity contribution in [2.75, 3.05) is 20.8 Å². The molecule has 0 atom stereocenters. The Hall–Kier alpha value is -3.10. The van der Waals surface area contributed by atoms with Crippen LogP contribution in [0.15, 0.2) is 42.5 Å². The molecule has 0 saturated heterocycles. The number of esters is 1. The number of ether oxygens (including phenoxy) is 2. The number of rotatable bonds is 8. The molecule has 0 aliphatic rings. The third-order valence-electron chi connectivity index (χ3n) is 4.94. The van der Waals surface area contributed by atoms with E-state index in [1.807, 2.05) is 18.2 Å². The topological polar surface area (TPSA) is 73.7 Å². The molecule has 174 valence electrons. The van der Waals surface area contributed by atoms with Crippen LogP contribution in [0.3, 0.4) is 0 Å². The van der Waals surface area contributed by atoms with Gasteiger partial charge in [-0.1, -0.05) is 47.5 Å². The summed E-state index contributed by atoms with van der Waals surface area (Å²) < 4.78 is 25.4. The number of benzene rings is 2. The van der Waals surface area contributed by atoms with Crippen molar-refractivity contribution < 1.29 is 23.5 Å². The van der Waals surface area contributed by atoms with Crippen molar-refractivity contribution in [3.05, 3.63) is 80.8 Å². The first kappa shape index (κ1) is 24.5. The zero-order chi connectivity index (χ0) is 24.1. The smallest absolute Gasteiger partial charge is 0.343 e. The van der Waals surface area contributed by atoms with Crippen molar-refractivity contribution in [1.82, 2.24) is 14.7 Å². The zero-order valence-electron chi connectivity index (χ0n) is 18.3. The summed E-state index contributed by atoms with van der Waals surface area (Å²) in [5.41, 5.74) is 1.80. The molecule has 0 saturated carbocycles. The summed E-state index contributed by atoms with van der Waals surface area (Å²) in [4.78, 5) is 26.3. The van der Waals surface area contributed by atoms with Crippen LogP contribution in [0.5, 0.6) is 5.75 Å². The van der Waals surface area contributed by atoms with Gasteiger partial charge >= 0.3 is 5.97 Å². The van der Waals surface area contributed by atoms with E-state index in [4.69, 9.17) is 32.7 Å². The SMILES string of the molecule is COc1ccc(CN(C)C(=O)COC(=O)c2c(C)nn(Cc3ccccc3Cl)c2Cl)cc1F. The molecule has 0 radical (unpaired) electrons. The molecular weight excluding hydrogens is 472 g/mol. The minimum atomic E-state index is -0.764. The maximum absolute atomic E-state index is 13.9. The van der Waals surface area contributed by atoms with Gasteiger partial charge in [-0.3, -0.25) is 4.79 Å². The van der Waals surface area contributed by atoms with E-state index in [0.717, 1.165) is 5.56 Å². The number of aromatic nitrogens is 2. The third-order valence-corrected chi connectivity index (χ3v) is 5.69. The third kappa shape index (κ3) is 5.83. The maximum Gasteiger partial charge on any atom is 0.343 e. The fourth-order valence-electron chi connectivity index (χ4n) is 3.16. The Morgan fingerprint density at radius 3 is 2.58 bits per heavy atom. The fourth-order valence-corrected chi connectivity index (χ4v) is 3.66. The number of methoxy groups -OCH3 is 1. The first-order chi connectivity index (χ1) is 15.7. The molecule has 0 spiro atoms. The van der Waals surface area contributed by atoms with Crippen molar-refractivity contribution in [2.24, 2.45) is 0 Å². The Morgan fingerprint density at radius 1 is 1.18 bits per heavy atom. The van der Waals surface area contributed by atoms with Gasteiger partial charge in [-0.25, -0.2) is 13.9 Å². The van der Waals surface area contributed by atoms with Crippen LogP contribution in [-0.2, 0) is 22.6 Å². The molecule has 7 nitrogen and oxygen atoms in total. The summed E-state index contributed by atoms with van der Waals surface area (Å²) in [6.07, 6.45) is 0. The molecule has 0 N–H and O–H groups in total. The van der Waals surface area contributed by atoms with Crippen LogP contribution >= 0.6 is 23.2 Å². The lowest BCUT2D eigenvalue weighted by atomic mass is 10.2. The number of hydrogen-bond donors (Lipinski definition) is 0. The van der Waals surface area contributed by atoms with Crippen LogP contribution < -0.4 is 4.74 Å². The normalized spacial score (nSPS) is 10.7. The molecule has 3 rings (SSSR count). The zero-order valence-corrected chi connectivity index (χ0v) is 19.8. The highest BCUT2D eigenvalue weighted by molar-refractivity contribution is 6.33. The first-order valence-electron chi connectivity index (χ1n) is 9.91. The maximum atomic E-state index is 13.9. The van der Waals surface area contributed by atoms with Gasteiger partial charge in [0.25, 0.3) is 5.91 Å². The van der Waals surface area contributed by atoms with Gasteiger partial charge in [-0.05, 0) is 36.2 Å². The van der Waals surface area contributed by atoms with Crippen LogP contribution in [0, 0.1) is 12.7 Å². The summed E-state index contributed by atoms with van der Waals surface area (Å²) >= 11 is 12.6. The molecule has 2 aromatic carbocycles. The van der Waals surface area contributed by atoms with E-state index in [-0.39, 0.29) is 29.6 Å². The highest BCUT2D eigenvalue weighted by atomic mass is 35.5. The van der Waals surface area contributed by atoms with E-state index < -0.39 is 24.3 Å². The Kier molecular flexibility index (Phi) is 7.94. The van der Waals surface area contributed by atoms with Gasteiger partial charge in [-0.15, -0.1) is 0 Å². The number of halogens is 3. The van der Waals surface area contributed by atoms with Gasteiger partial charge in [0.15, 0.2) is 18.2 Å². The summed E-state index contributed by atoms with van der Waals surface area (Å²) in [5, 5.41) is 4.93. The van der Waals surface area contributed by atoms with Crippen molar-refractivity contribution in [2.45, 2.75) is 20.0 Å². The largest absolute Gasteiger partial charge is 0.494 e. The van der Waals surface area contributed by atoms with Crippen LogP contribution in [0.2, 0.25) is 10.2 Å². The highest BCUT2D eigenvalue weighted by Crippen LogP contribution is 2.24. The molecule has 0 fully saturated rings. The number of amides is 1. The van der Waals surface area contributed by atoms with E-state index >= 15 is 0 Å². The number of nitrogens with zero attached hydrogens (tertiary/aromatic N) is 3. The molecule has 0 aliphatic carbocycles. The molecule has 1 aromatic heterocycles. The monoisotopic (exact) mass is 493 g/mol. The van der Waals surface area contributed by atoms with Crippen LogP contribution in [0.1, 0.15) is 27.2 Å². The van der Waals surface area contributed by atoms with Gasteiger partial charge in [0.2, 0.25) is 0 Å². The molecule has 0 aliphatic heterocycles. The minimum absolute atomic E-state index is 0.0800. The number of likely N-dealkylation sites (N-methyl/N-ethyl adjacent to an activating group) is 1. The number of aryl methyl sites for hydroxylation is 1. The van der Waals surface area contributed by atoms with Gasteiger partial charge < -0.3 is 14.4 Å². The summed E-state index contributed by atoms with van der Waals surface area (Å²) in [6.45, 7) is 1.52. The predicted molar refractivity (Wildman–Crippen MR) is 122 cm³/mol. The first-order valence-corrected chi connectivity index (χ1v) is 10.7. The Morgan fingerprint density at radius 2 is 1.91 bits per heavy atom. The molecule has 10 heteroatoms. The lowest BCUT2D eigenvalue weighted by Gasteiger charge is -2.17. The predicted octanol–water partition coefficient (Wildman–Crippen LogP) is 4.51. The molecule has 0 bridgehead atoms. The summed E-state index contributed by atoms with van der Waals surface area (Å²) in [6, 6.07) is 11.6. The van der Waals surface area contributed by atoms with Gasteiger partial charge in [0.1, 0.15) is 10.7 Å². The summed E-state index contributed by atoms with van der Waals surface area (Å²) in [7, 11) is 2.90. The number of hydrogen-bond acceptors (Lipinski definition) is 5. The molecule has 0 unspecified atom stereocenters. The lowest BCUT2D eigenvalue weighted by Crippen LogP contribution is -2.31.